The Morgan fingerprint density at radius 3 is 2.81 bits per heavy atom. The van der Waals surface area contributed by atoms with E-state index in [-0.39, 0.29) is 5.91 Å². The van der Waals surface area contributed by atoms with Gasteiger partial charge < -0.3 is 9.64 Å². The first kappa shape index (κ1) is 16.0. The van der Waals surface area contributed by atoms with Gasteiger partial charge in [-0.05, 0) is 31.5 Å². The Kier molecular flexibility index (Phi) is 5.76. The molecule has 0 saturated heterocycles. The molecule has 0 spiro atoms. The summed E-state index contributed by atoms with van der Waals surface area (Å²) < 4.78 is 5.25. The van der Waals surface area contributed by atoms with Crippen LogP contribution in [0.5, 0.6) is 0 Å². The Bertz CT molecular complexity index is 476. The number of amides is 1. The van der Waals surface area contributed by atoms with E-state index in [0.29, 0.717) is 25.7 Å². The summed E-state index contributed by atoms with van der Waals surface area (Å²) in [6.07, 6.45) is 1.48. The van der Waals surface area contributed by atoms with E-state index in [4.69, 9.17) is 4.74 Å². The molecular formula is C17H26N2O2. The lowest BCUT2D eigenvalue weighted by Gasteiger charge is -2.36. The van der Waals surface area contributed by atoms with Crippen LogP contribution in [0.2, 0.25) is 0 Å². The molecule has 0 bridgehead atoms. The number of rotatable bonds is 6. The molecule has 1 amide bonds. The summed E-state index contributed by atoms with van der Waals surface area (Å²) in [5.41, 5.74) is 2.82. The summed E-state index contributed by atoms with van der Waals surface area (Å²) in [6.45, 7) is 4.86. The van der Waals surface area contributed by atoms with Crippen molar-refractivity contribution < 1.29 is 9.53 Å². The van der Waals surface area contributed by atoms with Gasteiger partial charge in [-0.3, -0.25) is 9.69 Å². The van der Waals surface area contributed by atoms with Crippen LogP contribution in [0.4, 0.5) is 0 Å². The average molecular weight is 290 g/mol. The monoisotopic (exact) mass is 290 g/mol. The minimum Gasteiger partial charge on any atom is -0.381 e. The summed E-state index contributed by atoms with van der Waals surface area (Å²) in [7, 11) is 4.03. The van der Waals surface area contributed by atoms with Gasteiger partial charge in [0.15, 0.2) is 0 Å². The summed E-state index contributed by atoms with van der Waals surface area (Å²) in [5.74, 6) is 0.163. The number of nitrogens with zero attached hydrogens (tertiary/aromatic N) is 2. The van der Waals surface area contributed by atoms with Crippen LogP contribution in [0.3, 0.4) is 0 Å². The van der Waals surface area contributed by atoms with Crippen LogP contribution in [0.1, 0.15) is 24.5 Å². The van der Waals surface area contributed by atoms with E-state index in [1.165, 1.54) is 11.1 Å². The topological polar surface area (TPSA) is 32.8 Å². The normalized spacial score (nSPS) is 18.3. The van der Waals surface area contributed by atoms with Gasteiger partial charge in [0.1, 0.15) is 0 Å². The number of carbonyl (C=O) groups is 1. The van der Waals surface area contributed by atoms with Gasteiger partial charge in [-0.15, -0.1) is 0 Å². The predicted molar refractivity (Wildman–Crippen MR) is 84.1 cm³/mol. The maximum Gasteiger partial charge on any atom is 0.224 e. The lowest BCUT2D eigenvalue weighted by molar-refractivity contribution is -0.131. The van der Waals surface area contributed by atoms with Gasteiger partial charge in [-0.25, -0.2) is 0 Å². The molecule has 0 saturated carbocycles. The van der Waals surface area contributed by atoms with Crippen molar-refractivity contribution in [2.45, 2.75) is 32.4 Å². The molecule has 116 valence electrons. The molecule has 0 aromatic heterocycles. The van der Waals surface area contributed by atoms with Crippen molar-refractivity contribution >= 4 is 5.91 Å². The molecular weight excluding hydrogens is 264 g/mol. The number of fused-ring (bicyclic) bond motifs is 1. The van der Waals surface area contributed by atoms with E-state index < -0.39 is 0 Å². The maximum atomic E-state index is 12.1. The van der Waals surface area contributed by atoms with Crippen molar-refractivity contribution in [3.05, 3.63) is 35.4 Å². The second kappa shape index (κ2) is 7.57. The van der Waals surface area contributed by atoms with Crippen molar-refractivity contribution in [2.75, 3.05) is 33.9 Å². The summed E-state index contributed by atoms with van der Waals surface area (Å²) in [4.78, 5) is 16.3. The third kappa shape index (κ3) is 4.29. The fourth-order valence-corrected chi connectivity index (χ4v) is 2.83. The van der Waals surface area contributed by atoms with Crippen LogP contribution in [0.25, 0.3) is 0 Å². The Morgan fingerprint density at radius 2 is 2.10 bits per heavy atom. The fraction of sp³-hybridized carbons (Fsp3) is 0.588. The average Bonchev–Trinajstić information content (AvgIpc) is 2.48. The molecule has 1 aromatic carbocycles. The molecule has 0 N–H and O–H groups in total. The molecule has 0 radical (unpaired) electrons. The van der Waals surface area contributed by atoms with E-state index in [1.54, 1.807) is 0 Å². The van der Waals surface area contributed by atoms with E-state index in [2.05, 4.69) is 36.2 Å². The highest BCUT2D eigenvalue weighted by Crippen LogP contribution is 2.22. The number of hydrogen-bond acceptors (Lipinski definition) is 3. The van der Waals surface area contributed by atoms with Crippen LogP contribution < -0.4 is 0 Å². The third-order valence-electron chi connectivity index (χ3n) is 4.19. The first-order valence-electron chi connectivity index (χ1n) is 7.70. The minimum atomic E-state index is 0.163. The zero-order valence-corrected chi connectivity index (χ0v) is 13.3. The Labute approximate surface area is 127 Å². The Morgan fingerprint density at radius 1 is 1.38 bits per heavy atom. The van der Waals surface area contributed by atoms with Crippen molar-refractivity contribution in [2.24, 2.45) is 0 Å². The Balaban J connectivity index is 1.89. The lowest BCUT2D eigenvalue weighted by Crippen LogP contribution is -2.46. The SMILES string of the molecule is CCOCCC(=O)N(C)CC1Cc2ccccc2CN1C. The van der Waals surface area contributed by atoms with Gasteiger partial charge in [-0.2, -0.15) is 0 Å². The van der Waals surface area contributed by atoms with Gasteiger partial charge in [0.2, 0.25) is 5.91 Å². The summed E-state index contributed by atoms with van der Waals surface area (Å²) in [6, 6.07) is 8.97. The molecule has 1 unspecified atom stereocenters. The second-order valence-electron chi connectivity index (χ2n) is 5.76. The number of likely N-dealkylation sites (N-methyl/N-ethyl adjacent to an activating group) is 2. The van der Waals surface area contributed by atoms with Crippen molar-refractivity contribution in [3.8, 4) is 0 Å². The summed E-state index contributed by atoms with van der Waals surface area (Å²) in [5, 5.41) is 0. The Hall–Kier alpha value is -1.39. The molecule has 1 heterocycles. The largest absolute Gasteiger partial charge is 0.381 e. The second-order valence-corrected chi connectivity index (χ2v) is 5.76. The molecule has 4 nitrogen and oxygen atoms in total. The van der Waals surface area contributed by atoms with Crippen LogP contribution >= 0.6 is 0 Å². The van der Waals surface area contributed by atoms with Crippen LogP contribution in [0.15, 0.2) is 24.3 Å². The predicted octanol–water partition coefficient (Wildman–Crippen LogP) is 1.93. The zero-order chi connectivity index (χ0) is 15.2. The van der Waals surface area contributed by atoms with Crippen molar-refractivity contribution in [1.29, 1.82) is 0 Å². The highest BCUT2D eigenvalue weighted by molar-refractivity contribution is 5.76. The molecule has 4 heteroatoms. The number of hydrogen-bond donors (Lipinski definition) is 0. The highest BCUT2D eigenvalue weighted by Gasteiger charge is 2.25. The quantitative estimate of drug-likeness (QED) is 0.751. The number of carbonyl (C=O) groups excluding carboxylic acids is 1. The van der Waals surface area contributed by atoms with E-state index in [1.807, 2.05) is 18.9 Å². The van der Waals surface area contributed by atoms with Gasteiger partial charge in [0.25, 0.3) is 0 Å². The summed E-state index contributed by atoms with van der Waals surface area (Å²) >= 11 is 0. The first-order valence-corrected chi connectivity index (χ1v) is 7.70. The van der Waals surface area contributed by atoms with Crippen molar-refractivity contribution in [1.82, 2.24) is 9.80 Å². The minimum absolute atomic E-state index is 0.163. The van der Waals surface area contributed by atoms with Crippen LogP contribution in [-0.2, 0) is 22.5 Å². The fourth-order valence-electron chi connectivity index (χ4n) is 2.83. The molecule has 1 aliphatic heterocycles. The van der Waals surface area contributed by atoms with Gasteiger partial charge in [0.05, 0.1) is 13.0 Å². The van der Waals surface area contributed by atoms with E-state index in [9.17, 15) is 4.79 Å². The highest BCUT2D eigenvalue weighted by atomic mass is 16.5. The third-order valence-corrected chi connectivity index (χ3v) is 4.19. The number of ether oxygens (including phenoxy) is 1. The van der Waals surface area contributed by atoms with Gasteiger partial charge in [0, 0.05) is 32.8 Å². The van der Waals surface area contributed by atoms with Crippen LogP contribution in [0, 0.1) is 0 Å². The molecule has 1 aliphatic rings. The maximum absolute atomic E-state index is 12.1. The lowest BCUT2D eigenvalue weighted by atomic mass is 9.94. The van der Waals surface area contributed by atoms with Crippen LogP contribution in [-0.4, -0.2) is 55.6 Å². The van der Waals surface area contributed by atoms with E-state index >= 15 is 0 Å². The zero-order valence-electron chi connectivity index (χ0n) is 13.3. The van der Waals surface area contributed by atoms with E-state index in [0.717, 1.165) is 19.5 Å². The molecule has 1 aromatic rings. The molecule has 21 heavy (non-hydrogen) atoms. The molecule has 2 rings (SSSR count). The van der Waals surface area contributed by atoms with Gasteiger partial charge in [-0.1, -0.05) is 24.3 Å². The molecule has 0 aliphatic carbocycles. The molecule has 1 atom stereocenters. The van der Waals surface area contributed by atoms with Gasteiger partial charge >= 0.3 is 0 Å². The molecule has 0 fully saturated rings. The first-order chi connectivity index (χ1) is 10.1. The number of benzene rings is 1. The smallest absolute Gasteiger partial charge is 0.224 e. The van der Waals surface area contributed by atoms with Crippen molar-refractivity contribution in [3.63, 3.8) is 0 Å². The standard InChI is InChI=1S/C17H26N2O2/c1-4-21-10-9-17(20)19(3)13-16-11-14-7-5-6-8-15(14)12-18(16)2/h5-8,16H,4,9-13H2,1-3H3.